The molecular formula is C16H16Cl2N2O3S2. The highest BCUT2D eigenvalue weighted by molar-refractivity contribution is 7.89. The first kappa shape index (κ1) is 18.7. The maximum Gasteiger partial charge on any atom is 0.267 e. The highest BCUT2D eigenvalue weighted by atomic mass is 35.5. The fourth-order valence-electron chi connectivity index (χ4n) is 2.68. The number of hydrogen-bond donors (Lipinski definition) is 1. The van der Waals surface area contributed by atoms with E-state index < -0.39 is 15.9 Å². The zero-order valence-corrected chi connectivity index (χ0v) is 16.3. The van der Waals surface area contributed by atoms with Gasteiger partial charge >= 0.3 is 0 Å². The number of rotatable bonds is 4. The van der Waals surface area contributed by atoms with Crippen molar-refractivity contribution >= 4 is 56.2 Å². The summed E-state index contributed by atoms with van der Waals surface area (Å²) in [6, 6.07) is 6.17. The van der Waals surface area contributed by atoms with Gasteiger partial charge in [0.1, 0.15) is 9.77 Å². The Balaban J connectivity index is 1.86. The molecule has 2 heterocycles. The van der Waals surface area contributed by atoms with Crippen molar-refractivity contribution in [2.24, 2.45) is 0 Å². The first-order chi connectivity index (χ1) is 11.9. The summed E-state index contributed by atoms with van der Waals surface area (Å²) in [6.45, 7) is 0.977. The smallest absolute Gasteiger partial charge is 0.267 e. The summed E-state index contributed by atoms with van der Waals surface area (Å²) in [5.74, 6) is -0.505. The molecule has 0 aliphatic carbocycles. The van der Waals surface area contributed by atoms with E-state index in [0.29, 0.717) is 23.8 Å². The summed E-state index contributed by atoms with van der Waals surface area (Å²) in [6.07, 6.45) is 2.70. The Kier molecular flexibility index (Phi) is 5.70. The van der Waals surface area contributed by atoms with Gasteiger partial charge < -0.3 is 5.32 Å². The third-order valence-corrected chi connectivity index (χ3v) is 7.48. The predicted molar refractivity (Wildman–Crippen MR) is 101 cm³/mol. The minimum Gasteiger partial charge on any atom is -0.320 e. The largest absolute Gasteiger partial charge is 0.320 e. The molecule has 0 atom stereocenters. The van der Waals surface area contributed by atoms with E-state index in [9.17, 15) is 13.2 Å². The van der Waals surface area contributed by atoms with Crippen LogP contribution in [0.3, 0.4) is 0 Å². The van der Waals surface area contributed by atoms with Gasteiger partial charge in [0.25, 0.3) is 5.91 Å². The van der Waals surface area contributed by atoms with Gasteiger partial charge in [0.2, 0.25) is 10.0 Å². The van der Waals surface area contributed by atoms with Crippen LogP contribution in [0.15, 0.2) is 34.5 Å². The molecule has 0 radical (unpaired) electrons. The number of hydrogen-bond acceptors (Lipinski definition) is 4. The highest BCUT2D eigenvalue weighted by Gasteiger charge is 2.31. The van der Waals surface area contributed by atoms with Gasteiger partial charge in [-0.15, -0.1) is 11.3 Å². The van der Waals surface area contributed by atoms with Crippen LogP contribution >= 0.6 is 34.5 Å². The number of nitrogens with one attached hydrogen (secondary N) is 1. The molecule has 25 heavy (non-hydrogen) atoms. The van der Waals surface area contributed by atoms with Crippen LogP contribution < -0.4 is 5.32 Å². The number of carbonyl (C=O) groups excluding carboxylic acids is 1. The molecular weight excluding hydrogens is 403 g/mol. The molecule has 2 aromatic rings. The summed E-state index contributed by atoms with van der Waals surface area (Å²) in [7, 11) is -3.67. The fraction of sp³-hybridized carbons (Fsp3) is 0.312. The van der Waals surface area contributed by atoms with E-state index in [1.165, 1.54) is 16.4 Å². The van der Waals surface area contributed by atoms with Crippen LogP contribution in [0.2, 0.25) is 10.0 Å². The average Bonchev–Trinajstić information content (AvgIpc) is 3.09. The molecule has 1 aliphatic heterocycles. The molecule has 1 fully saturated rings. The molecule has 0 bridgehead atoms. The summed E-state index contributed by atoms with van der Waals surface area (Å²) in [4.78, 5) is 12.8. The molecule has 1 amide bonds. The lowest BCUT2D eigenvalue weighted by Gasteiger charge is -2.25. The van der Waals surface area contributed by atoms with Crippen LogP contribution in [0, 0.1) is 0 Å². The molecule has 0 unspecified atom stereocenters. The van der Waals surface area contributed by atoms with E-state index in [-0.39, 0.29) is 14.8 Å². The Bertz CT molecular complexity index is 891. The Hall–Kier alpha value is -1.12. The number of halogens is 2. The van der Waals surface area contributed by atoms with Gasteiger partial charge in [-0.25, -0.2) is 8.42 Å². The average molecular weight is 419 g/mol. The number of anilines is 1. The molecule has 3 rings (SSSR count). The standard InChI is InChI=1S/C16H16Cl2N2O3S2/c17-11-4-5-13(12(18)10-11)19-16(21)15-14(6-9-24-15)25(22,23)20-7-2-1-3-8-20/h4-6,9-10H,1-3,7-8H2,(H,19,21). The number of thiophene rings is 1. The number of carbonyl (C=O) groups is 1. The Labute approximate surface area is 160 Å². The normalized spacial score (nSPS) is 15.9. The van der Waals surface area contributed by atoms with E-state index in [0.717, 1.165) is 30.6 Å². The highest BCUT2D eigenvalue weighted by Crippen LogP contribution is 2.30. The van der Waals surface area contributed by atoms with Crippen LogP contribution in [0.4, 0.5) is 5.69 Å². The maximum absolute atomic E-state index is 12.8. The predicted octanol–water partition coefficient (Wildman–Crippen LogP) is 4.48. The van der Waals surface area contributed by atoms with Crippen molar-refractivity contribution in [3.63, 3.8) is 0 Å². The molecule has 0 spiro atoms. The van der Waals surface area contributed by atoms with Crippen molar-refractivity contribution in [2.75, 3.05) is 18.4 Å². The second-order valence-corrected chi connectivity index (χ2v) is 9.32. The lowest BCUT2D eigenvalue weighted by atomic mass is 10.2. The zero-order valence-electron chi connectivity index (χ0n) is 13.2. The van der Waals surface area contributed by atoms with E-state index >= 15 is 0 Å². The fourth-order valence-corrected chi connectivity index (χ4v) is 5.95. The van der Waals surface area contributed by atoms with E-state index in [1.807, 2.05) is 0 Å². The third-order valence-electron chi connectivity index (χ3n) is 3.95. The number of piperidine rings is 1. The molecule has 5 nitrogen and oxygen atoms in total. The second kappa shape index (κ2) is 7.63. The van der Waals surface area contributed by atoms with Crippen LogP contribution in [-0.4, -0.2) is 31.7 Å². The first-order valence-corrected chi connectivity index (χ1v) is 10.8. The minimum absolute atomic E-state index is 0.0435. The van der Waals surface area contributed by atoms with Gasteiger partial charge in [-0.1, -0.05) is 29.6 Å². The van der Waals surface area contributed by atoms with Crippen LogP contribution in [-0.2, 0) is 10.0 Å². The van der Waals surface area contributed by atoms with Gasteiger partial charge in [-0.2, -0.15) is 4.31 Å². The van der Waals surface area contributed by atoms with Crippen molar-refractivity contribution < 1.29 is 13.2 Å². The molecule has 1 aromatic heterocycles. The SMILES string of the molecule is O=C(Nc1ccc(Cl)cc1Cl)c1sccc1S(=O)(=O)N1CCCCC1. The molecule has 0 saturated carbocycles. The van der Waals surface area contributed by atoms with E-state index in [2.05, 4.69) is 5.32 Å². The Morgan fingerprint density at radius 3 is 2.52 bits per heavy atom. The quantitative estimate of drug-likeness (QED) is 0.795. The first-order valence-electron chi connectivity index (χ1n) is 7.73. The summed E-state index contributed by atoms with van der Waals surface area (Å²) in [5.41, 5.74) is 0.380. The summed E-state index contributed by atoms with van der Waals surface area (Å²) in [5, 5.41) is 5.00. The second-order valence-electron chi connectivity index (χ2n) is 5.66. The third kappa shape index (κ3) is 4.01. The van der Waals surface area contributed by atoms with E-state index in [4.69, 9.17) is 23.2 Å². The van der Waals surface area contributed by atoms with Gasteiger partial charge in [0.05, 0.1) is 10.7 Å². The maximum atomic E-state index is 12.8. The molecule has 1 N–H and O–H groups in total. The van der Waals surface area contributed by atoms with E-state index in [1.54, 1.807) is 17.5 Å². The number of sulfonamides is 1. The Morgan fingerprint density at radius 2 is 1.84 bits per heavy atom. The van der Waals surface area contributed by atoms with Gasteiger partial charge in [-0.3, -0.25) is 4.79 Å². The number of nitrogens with zero attached hydrogens (tertiary/aromatic N) is 1. The van der Waals surface area contributed by atoms with Gasteiger partial charge in [-0.05, 0) is 42.5 Å². The van der Waals surface area contributed by atoms with Crippen molar-refractivity contribution in [3.05, 3.63) is 44.6 Å². The molecule has 9 heteroatoms. The van der Waals surface area contributed by atoms with Crippen molar-refractivity contribution in [1.82, 2.24) is 4.31 Å². The van der Waals surface area contributed by atoms with Crippen molar-refractivity contribution in [2.45, 2.75) is 24.2 Å². The molecule has 1 aliphatic rings. The topological polar surface area (TPSA) is 66.5 Å². The van der Waals surface area contributed by atoms with Crippen LogP contribution in [0.25, 0.3) is 0 Å². The molecule has 1 aromatic carbocycles. The van der Waals surface area contributed by atoms with Crippen molar-refractivity contribution in [3.8, 4) is 0 Å². The number of amides is 1. The summed E-state index contributed by atoms with van der Waals surface area (Å²) < 4.78 is 27.1. The van der Waals surface area contributed by atoms with Gasteiger partial charge in [0, 0.05) is 18.1 Å². The lowest BCUT2D eigenvalue weighted by molar-refractivity contribution is 0.102. The van der Waals surface area contributed by atoms with Crippen molar-refractivity contribution in [1.29, 1.82) is 0 Å². The van der Waals surface area contributed by atoms with Crippen LogP contribution in [0.5, 0.6) is 0 Å². The monoisotopic (exact) mass is 418 g/mol. The van der Waals surface area contributed by atoms with Gasteiger partial charge in [0.15, 0.2) is 0 Å². The molecule has 134 valence electrons. The molecule has 1 saturated heterocycles. The zero-order chi connectivity index (χ0) is 18.0. The minimum atomic E-state index is -3.67. The van der Waals surface area contributed by atoms with Crippen LogP contribution in [0.1, 0.15) is 28.9 Å². The lowest BCUT2D eigenvalue weighted by Crippen LogP contribution is -2.36. The summed E-state index contributed by atoms with van der Waals surface area (Å²) >= 11 is 13.0. The Morgan fingerprint density at radius 1 is 1.12 bits per heavy atom. The number of benzene rings is 1.